The van der Waals surface area contributed by atoms with Crippen molar-refractivity contribution in [2.24, 2.45) is 5.92 Å². The summed E-state index contributed by atoms with van der Waals surface area (Å²) in [6, 6.07) is 5.10. The number of aliphatic hydroxyl groups is 1. The Kier molecular flexibility index (Phi) is 9.12. The number of thiazole rings is 1. The molecule has 3 aliphatic rings. The summed E-state index contributed by atoms with van der Waals surface area (Å²) in [5, 5.41) is 13.4. The van der Waals surface area contributed by atoms with Gasteiger partial charge in [0, 0.05) is 37.9 Å². The fourth-order valence-corrected chi connectivity index (χ4v) is 8.26. The highest BCUT2D eigenvalue weighted by molar-refractivity contribution is 8.25. The Morgan fingerprint density at radius 1 is 1.25 bits per heavy atom. The van der Waals surface area contributed by atoms with Crippen molar-refractivity contribution in [3.05, 3.63) is 46.2 Å². The summed E-state index contributed by atoms with van der Waals surface area (Å²) in [5.74, 6) is -0.142. The lowest BCUT2D eigenvalue weighted by molar-refractivity contribution is 0.0795. The van der Waals surface area contributed by atoms with Crippen LogP contribution in [-0.4, -0.2) is 90.5 Å². The third-order valence-corrected chi connectivity index (χ3v) is 11.6. The van der Waals surface area contributed by atoms with Gasteiger partial charge in [-0.2, -0.15) is 0 Å². The van der Waals surface area contributed by atoms with E-state index < -0.39 is 16.4 Å². The predicted molar refractivity (Wildman–Crippen MR) is 170 cm³/mol. The van der Waals surface area contributed by atoms with Crippen LogP contribution in [0.3, 0.4) is 0 Å². The minimum atomic E-state index is -3.11. The number of anilines is 1. The average molecular weight is 649 g/mol. The van der Waals surface area contributed by atoms with Crippen LogP contribution in [0.15, 0.2) is 24.4 Å². The summed E-state index contributed by atoms with van der Waals surface area (Å²) in [6.07, 6.45) is 4.77. The molecule has 0 radical (unpaired) electrons. The molecule has 14 heteroatoms. The van der Waals surface area contributed by atoms with Crippen molar-refractivity contribution in [2.75, 3.05) is 43.0 Å². The first-order chi connectivity index (χ1) is 21.0. The number of aryl methyl sites for hydroxylation is 1. The smallest absolute Gasteiger partial charge is 0.280 e. The number of fused-ring (bicyclic) bond motifs is 2. The van der Waals surface area contributed by atoms with E-state index in [0.29, 0.717) is 60.0 Å². The van der Waals surface area contributed by atoms with E-state index in [-0.39, 0.29) is 29.9 Å². The molecule has 44 heavy (non-hydrogen) atoms. The van der Waals surface area contributed by atoms with Crippen molar-refractivity contribution < 1.29 is 28.1 Å². The Morgan fingerprint density at radius 3 is 2.75 bits per heavy atom. The van der Waals surface area contributed by atoms with E-state index in [1.54, 1.807) is 12.3 Å². The molecule has 0 unspecified atom stereocenters. The minimum Gasteiger partial charge on any atom is -0.393 e. The van der Waals surface area contributed by atoms with Crippen molar-refractivity contribution in [1.82, 2.24) is 25.2 Å². The second-order valence-corrected chi connectivity index (χ2v) is 15.3. The summed E-state index contributed by atoms with van der Waals surface area (Å²) in [5.41, 5.74) is 1.87. The maximum absolute atomic E-state index is 15.4. The normalized spacial score (nSPS) is 24.3. The van der Waals surface area contributed by atoms with E-state index in [9.17, 15) is 19.0 Å². The van der Waals surface area contributed by atoms with Crippen LogP contribution in [0.1, 0.15) is 72.2 Å². The monoisotopic (exact) mass is 648 g/mol. The molecule has 0 aromatic carbocycles. The van der Waals surface area contributed by atoms with Crippen molar-refractivity contribution in [3.63, 3.8) is 0 Å². The largest absolute Gasteiger partial charge is 0.393 e. The van der Waals surface area contributed by atoms with Gasteiger partial charge in [0.1, 0.15) is 21.8 Å². The summed E-state index contributed by atoms with van der Waals surface area (Å²) in [7, 11) is -3.11. The van der Waals surface area contributed by atoms with Crippen molar-refractivity contribution in [3.8, 4) is 0 Å². The second-order valence-electron chi connectivity index (χ2n) is 12.4. The zero-order valence-corrected chi connectivity index (χ0v) is 26.7. The molecule has 0 saturated carbocycles. The van der Waals surface area contributed by atoms with Crippen LogP contribution in [-0.2, 0) is 17.6 Å². The van der Waals surface area contributed by atoms with Crippen LogP contribution in [0.4, 0.5) is 10.2 Å². The van der Waals surface area contributed by atoms with Crippen LogP contribution in [0, 0.1) is 5.92 Å². The van der Waals surface area contributed by atoms with Gasteiger partial charge in [-0.25, -0.2) is 19.3 Å². The number of carbonyl (C=O) groups excluding carboxylic acids is 1. The Hall–Kier alpha value is -2.46. The van der Waals surface area contributed by atoms with Gasteiger partial charge in [-0.1, -0.05) is 42.0 Å². The van der Waals surface area contributed by atoms with Gasteiger partial charge < -0.3 is 20.1 Å². The van der Waals surface area contributed by atoms with Gasteiger partial charge in [-0.3, -0.25) is 18.2 Å². The lowest BCUT2D eigenvalue weighted by Crippen LogP contribution is -2.39. The summed E-state index contributed by atoms with van der Waals surface area (Å²) >= 11 is 1.24. The Labute approximate surface area is 262 Å². The van der Waals surface area contributed by atoms with E-state index in [2.05, 4.69) is 20.2 Å². The number of piperidine rings is 1. The molecule has 3 aromatic rings. The van der Waals surface area contributed by atoms with Gasteiger partial charge in [0.15, 0.2) is 10.9 Å². The first-order valence-electron chi connectivity index (χ1n) is 15.3. The van der Waals surface area contributed by atoms with Crippen LogP contribution < -0.4 is 9.62 Å². The highest BCUT2D eigenvalue weighted by Crippen LogP contribution is 2.47. The van der Waals surface area contributed by atoms with Crippen LogP contribution in [0.25, 0.3) is 10.3 Å². The number of nitrogens with one attached hydrogen (secondary N) is 1. The number of hydrogen-bond donors (Lipinski definition) is 4. The molecule has 2 fully saturated rings. The number of ether oxygens (including phenoxy) is 1. The number of aliphatic hydroxyl groups excluding tert-OH is 1. The van der Waals surface area contributed by atoms with Crippen LogP contribution >= 0.6 is 22.1 Å². The topological polar surface area (TPSA) is 144 Å². The van der Waals surface area contributed by atoms with Gasteiger partial charge in [0.05, 0.1) is 25.3 Å². The first kappa shape index (κ1) is 31.5. The number of amides is 1. The van der Waals surface area contributed by atoms with Crippen molar-refractivity contribution in [2.45, 2.75) is 70.2 Å². The second kappa shape index (κ2) is 12.7. The van der Waals surface area contributed by atoms with Crippen molar-refractivity contribution in [1.29, 1.82) is 0 Å². The van der Waals surface area contributed by atoms with E-state index in [1.807, 2.05) is 26.0 Å². The first-order valence-corrected chi connectivity index (χ1v) is 17.8. The Balaban J connectivity index is 1.21. The maximum Gasteiger partial charge on any atom is 0.280 e. The lowest BCUT2D eigenvalue weighted by atomic mass is 9.77. The summed E-state index contributed by atoms with van der Waals surface area (Å²) < 4.78 is 43.0. The molecule has 6 rings (SSSR count). The van der Waals surface area contributed by atoms with E-state index >= 15 is 4.39 Å². The van der Waals surface area contributed by atoms with Gasteiger partial charge in [0.2, 0.25) is 0 Å². The number of aromatic nitrogens is 3. The third kappa shape index (κ3) is 6.71. The number of alkyl halides is 1. The van der Waals surface area contributed by atoms with Crippen molar-refractivity contribution >= 4 is 44.2 Å². The molecular weight excluding hydrogens is 607 g/mol. The number of pyridine rings is 2. The molecule has 5 heterocycles. The Bertz CT molecular complexity index is 1480. The van der Waals surface area contributed by atoms with Gasteiger partial charge in [0.25, 0.3) is 5.91 Å². The summed E-state index contributed by atoms with van der Waals surface area (Å²) in [4.78, 5) is 30.5. The highest BCUT2D eigenvalue weighted by Gasteiger charge is 2.38. The molecular formula is C30H41FN6O5S2. The number of hydrogen-bond acceptors (Lipinski definition) is 11. The standard InChI is InChI=1S/C30H41FN6O5S2/c1-19(2)30(31)9-5-23-21(16-30)15-25-28(34-23)43-29(35-25)27(39)33-24(8-12-36-10-6-22(38)7-11-36)20-3-4-26(32-17-20)37-13-14-42-18-44(37,40)41/h3-4,15,17,19,22,24,38,40-41H,5-14,16,18H2,1-2H3,(H,33,39)/t24-,30+/m1/s1. The quantitative estimate of drug-likeness (QED) is 0.271. The van der Waals surface area contributed by atoms with Gasteiger partial charge in [-0.05, 0) is 61.3 Å². The number of carbonyl (C=O) groups is 1. The minimum absolute atomic E-state index is 0.0939. The molecule has 3 aromatic heterocycles. The van der Waals surface area contributed by atoms with Gasteiger partial charge in [-0.15, -0.1) is 0 Å². The molecule has 0 spiro atoms. The molecule has 2 atom stereocenters. The SMILES string of the molecule is CC(C)[C@]1(F)CCc2nc3sc(C(=O)N[C@H](CCN4CCC(O)CC4)c4ccc(N5CCOCS5(O)O)nc4)nc3cc2C1. The molecule has 11 nitrogen and oxygen atoms in total. The predicted octanol–water partition coefficient (Wildman–Crippen LogP) is 4.72. The van der Waals surface area contributed by atoms with Crippen LogP contribution in [0.2, 0.25) is 0 Å². The molecule has 1 amide bonds. The number of rotatable bonds is 8. The fraction of sp³-hybridized carbons (Fsp3) is 0.600. The van der Waals surface area contributed by atoms with E-state index in [4.69, 9.17) is 9.72 Å². The van der Waals surface area contributed by atoms with Crippen LogP contribution in [0.5, 0.6) is 0 Å². The molecule has 4 N–H and O–H groups in total. The zero-order chi connectivity index (χ0) is 31.1. The number of nitrogens with zero attached hydrogens (tertiary/aromatic N) is 5. The number of likely N-dealkylation sites (tertiary alicyclic amines) is 1. The van der Waals surface area contributed by atoms with E-state index in [0.717, 1.165) is 49.3 Å². The zero-order valence-electron chi connectivity index (χ0n) is 25.1. The molecule has 2 saturated heterocycles. The van der Waals surface area contributed by atoms with E-state index in [1.165, 1.54) is 15.6 Å². The maximum atomic E-state index is 15.4. The Morgan fingerprint density at radius 2 is 2.05 bits per heavy atom. The number of halogens is 1. The third-order valence-electron chi connectivity index (χ3n) is 9.10. The summed E-state index contributed by atoms with van der Waals surface area (Å²) in [6.45, 7) is 6.80. The lowest BCUT2D eigenvalue weighted by Gasteiger charge is -2.45. The fourth-order valence-electron chi connectivity index (χ4n) is 6.17. The average Bonchev–Trinajstić information content (AvgIpc) is 3.42. The molecule has 0 bridgehead atoms. The highest BCUT2D eigenvalue weighted by atomic mass is 32.3. The van der Waals surface area contributed by atoms with Gasteiger partial charge >= 0.3 is 0 Å². The molecule has 2 aliphatic heterocycles. The molecule has 240 valence electrons. The molecule has 1 aliphatic carbocycles.